The molecule has 0 bridgehead atoms. The first-order valence-corrected chi connectivity index (χ1v) is 8.17. The normalized spacial score (nSPS) is 20.6. The van der Waals surface area contributed by atoms with Crippen molar-refractivity contribution in [1.82, 2.24) is 19.8 Å². The van der Waals surface area contributed by atoms with Gasteiger partial charge in [0.05, 0.1) is 12.3 Å². The Hall–Kier alpha value is -1.53. The van der Waals surface area contributed by atoms with E-state index in [1.54, 1.807) is 12.5 Å². The fraction of sp³-hybridized carbons (Fsp3) is 0.412. The van der Waals surface area contributed by atoms with E-state index in [4.69, 9.17) is 16.3 Å². The Morgan fingerprint density at radius 3 is 2.87 bits per heavy atom. The number of alkyl halides is 1. The topological polar surface area (TPSA) is 41.5 Å². The average molecular weight is 333 g/mol. The minimum atomic E-state index is -0.279. The van der Waals surface area contributed by atoms with Gasteiger partial charge in [0.2, 0.25) is 0 Å². The molecular formula is C17H21ClN4O. The van der Waals surface area contributed by atoms with E-state index in [0.29, 0.717) is 13.2 Å². The van der Waals surface area contributed by atoms with Gasteiger partial charge in [-0.1, -0.05) is 41.9 Å². The molecule has 0 N–H and O–H groups in total. The smallest absolute Gasteiger partial charge is 0.143 e. The van der Waals surface area contributed by atoms with Crippen LogP contribution in [0.15, 0.2) is 48.9 Å². The highest BCUT2D eigenvalue weighted by Crippen LogP contribution is 2.26. The third kappa shape index (κ3) is 4.26. The van der Waals surface area contributed by atoms with Crippen LogP contribution in [0.2, 0.25) is 0 Å². The number of hydrogen-bond acceptors (Lipinski definition) is 5. The fourth-order valence-corrected chi connectivity index (χ4v) is 3.22. The first kappa shape index (κ1) is 16.3. The van der Waals surface area contributed by atoms with Crippen molar-refractivity contribution in [2.45, 2.75) is 18.3 Å². The summed E-state index contributed by atoms with van der Waals surface area (Å²) in [5.74, 6) is 0. The molecule has 1 aromatic carbocycles. The Morgan fingerprint density at radius 2 is 2.17 bits per heavy atom. The van der Waals surface area contributed by atoms with Crippen molar-refractivity contribution >= 4 is 11.6 Å². The summed E-state index contributed by atoms with van der Waals surface area (Å²) in [6.07, 6.45) is 3.42. The molecule has 0 spiro atoms. The lowest BCUT2D eigenvalue weighted by molar-refractivity contribution is -0.0461. The first-order valence-electron chi connectivity index (χ1n) is 7.74. The van der Waals surface area contributed by atoms with Gasteiger partial charge >= 0.3 is 0 Å². The summed E-state index contributed by atoms with van der Waals surface area (Å²) in [6, 6.07) is 12.4. The molecule has 0 aliphatic carbocycles. The highest BCUT2D eigenvalue weighted by atomic mass is 35.5. The number of rotatable bonds is 5. The van der Waals surface area contributed by atoms with Gasteiger partial charge in [0, 0.05) is 25.8 Å². The van der Waals surface area contributed by atoms with Gasteiger partial charge in [-0.3, -0.25) is 9.80 Å². The molecule has 3 rings (SSSR count). The summed E-state index contributed by atoms with van der Waals surface area (Å²) in [4.78, 5) is 13.1. The van der Waals surface area contributed by atoms with Crippen LogP contribution in [-0.2, 0) is 11.3 Å². The lowest BCUT2D eigenvalue weighted by atomic mass is 10.2. The molecule has 0 radical (unpaired) electrons. The number of morpholine rings is 1. The summed E-state index contributed by atoms with van der Waals surface area (Å²) >= 11 is 6.19. The summed E-state index contributed by atoms with van der Waals surface area (Å²) in [6.45, 7) is 2.97. The van der Waals surface area contributed by atoms with E-state index in [1.165, 1.54) is 5.56 Å². The standard InChI is InChI=1S/C17H21ClN4O/c1-21(11-14-5-3-2-4-6-14)17(15-7-8-19-13-20-15)22-9-10-23-16(18)12-22/h2-8,13,16-17H,9-12H2,1H3. The summed E-state index contributed by atoms with van der Waals surface area (Å²) in [5.41, 5.74) is 1.96. The van der Waals surface area contributed by atoms with Crippen LogP contribution < -0.4 is 0 Å². The van der Waals surface area contributed by atoms with E-state index in [2.05, 4.69) is 51.1 Å². The molecule has 0 amide bonds. The van der Waals surface area contributed by atoms with Crippen molar-refractivity contribution < 1.29 is 4.74 Å². The molecule has 2 aromatic rings. The number of halogens is 1. The highest BCUT2D eigenvalue weighted by Gasteiger charge is 2.30. The van der Waals surface area contributed by atoms with E-state index in [-0.39, 0.29) is 11.7 Å². The van der Waals surface area contributed by atoms with Gasteiger partial charge in [-0.2, -0.15) is 0 Å². The van der Waals surface area contributed by atoms with Gasteiger partial charge < -0.3 is 4.74 Å². The molecule has 1 aliphatic heterocycles. The van der Waals surface area contributed by atoms with Crippen molar-refractivity contribution in [3.05, 3.63) is 60.2 Å². The Morgan fingerprint density at radius 1 is 1.35 bits per heavy atom. The lowest BCUT2D eigenvalue weighted by Crippen LogP contribution is -2.47. The maximum Gasteiger partial charge on any atom is 0.143 e. The van der Waals surface area contributed by atoms with Crippen LogP contribution in [0.4, 0.5) is 0 Å². The maximum atomic E-state index is 6.19. The van der Waals surface area contributed by atoms with E-state index < -0.39 is 0 Å². The second kappa shape index (κ2) is 7.84. The van der Waals surface area contributed by atoms with E-state index in [1.807, 2.05) is 12.1 Å². The van der Waals surface area contributed by atoms with Crippen molar-refractivity contribution in [3.8, 4) is 0 Å². The van der Waals surface area contributed by atoms with E-state index in [9.17, 15) is 0 Å². The molecule has 1 aromatic heterocycles. The highest BCUT2D eigenvalue weighted by molar-refractivity contribution is 6.19. The van der Waals surface area contributed by atoms with Crippen molar-refractivity contribution in [1.29, 1.82) is 0 Å². The zero-order valence-corrected chi connectivity index (χ0v) is 13.9. The molecule has 1 fully saturated rings. The number of nitrogens with zero attached hydrogens (tertiary/aromatic N) is 4. The van der Waals surface area contributed by atoms with Crippen LogP contribution in [-0.4, -0.2) is 52.1 Å². The largest absolute Gasteiger partial charge is 0.360 e. The zero-order valence-electron chi connectivity index (χ0n) is 13.2. The van der Waals surface area contributed by atoms with Crippen LogP contribution in [0.5, 0.6) is 0 Å². The third-order valence-electron chi connectivity index (χ3n) is 3.96. The van der Waals surface area contributed by atoms with Crippen molar-refractivity contribution in [2.75, 3.05) is 26.7 Å². The quantitative estimate of drug-likeness (QED) is 0.787. The number of hydrogen-bond donors (Lipinski definition) is 0. The predicted octanol–water partition coefficient (Wildman–Crippen LogP) is 2.50. The van der Waals surface area contributed by atoms with E-state index >= 15 is 0 Å². The molecule has 0 saturated carbocycles. The third-order valence-corrected chi connectivity index (χ3v) is 4.23. The van der Waals surface area contributed by atoms with Crippen LogP contribution in [0.3, 0.4) is 0 Å². The Balaban J connectivity index is 1.82. The molecule has 6 heteroatoms. The Labute approximate surface area is 141 Å². The second-order valence-corrected chi connectivity index (χ2v) is 6.17. The summed E-state index contributed by atoms with van der Waals surface area (Å²) in [7, 11) is 2.11. The maximum absolute atomic E-state index is 6.19. The minimum absolute atomic E-state index is 0.0448. The van der Waals surface area contributed by atoms with Gasteiger partial charge in [-0.15, -0.1) is 0 Å². The van der Waals surface area contributed by atoms with Crippen LogP contribution in [0.1, 0.15) is 17.4 Å². The molecule has 1 saturated heterocycles. The molecule has 23 heavy (non-hydrogen) atoms. The lowest BCUT2D eigenvalue weighted by Gasteiger charge is -2.40. The molecule has 5 nitrogen and oxygen atoms in total. The average Bonchev–Trinajstić information content (AvgIpc) is 2.57. The fourth-order valence-electron chi connectivity index (χ4n) is 2.95. The Kier molecular flexibility index (Phi) is 5.56. The van der Waals surface area contributed by atoms with Crippen LogP contribution in [0.25, 0.3) is 0 Å². The molecular weight excluding hydrogens is 312 g/mol. The van der Waals surface area contributed by atoms with Gasteiger partial charge in [-0.05, 0) is 18.7 Å². The molecule has 2 unspecified atom stereocenters. The second-order valence-electron chi connectivity index (χ2n) is 5.68. The van der Waals surface area contributed by atoms with Gasteiger partial charge in [-0.25, -0.2) is 9.97 Å². The Bertz CT molecular complexity index is 598. The van der Waals surface area contributed by atoms with Crippen LogP contribution in [0, 0.1) is 0 Å². The molecule has 1 aliphatic rings. The van der Waals surface area contributed by atoms with Gasteiger partial charge in [0.25, 0.3) is 0 Å². The van der Waals surface area contributed by atoms with Crippen molar-refractivity contribution in [2.24, 2.45) is 0 Å². The molecule has 2 heterocycles. The zero-order chi connectivity index (χ0) is 16.1. The number of ether oxygens (including phenoxy) is 1. The number of benzene rings is 1. The van der Waals surface area contributed by atoms with Gasteiger partial charge in [0.15, 0.2) is 0 Å². The van der Waals surface area contributed by atoms with Crippen LogP contribution >= 0.6 is 11.6 Å². The molecule has 122 valence electrons. The summed E-state index contributed by atoms with van der Waals surface area (Å²) in [5, 5.41) is 0. The summed E-state index contributed by atoms with van der Waals surface area (Å²) < 4.78 is 5.46. The minimum Gasteiger partial charge on any atom is -0.360 e. The van der Waals surface area contributed by atoms with Crippen molar-refractivity contribution in [3.63, 3.8) is 0 Å². The van der Waals surface area contributed by atoms with Gasteiger partial charge in [0.1, 0.15) is 18.1 Å². The predicted molar refractivity (Wildman–Crippen MR) is 89.8 cm³/mol. The number of aromatic nitrogens is 2. The SMILES string of the molecule is CN(Cc1ccccc1)C(c1ccncn1)N1CCOC(Cl)C1. The van der Waals surface area contributed by atoms with E-state index in [0.717, 1.165) is 18.8 Å². The first-order chi connectivity index (χ1) is 11.2. The monoisotopic (exact) mass is 332 g/mol. The molecule has 2 atom stereocenters.